The minimum Gasteiger partial charge on any atom is -0.487 e. The van der Waals surface area contributed by atoms with Crippen molar-refractivity contribution in [1.29, 1.82) is 0 Å². The van der Waals surface area contributed by atoms with Crippen LogP contribution in [0.25, 0.3) is 10.9 Å². The minimum absolute atomic E-state index is 0.442. The molecule has 0 unspecified atom stereocenters. The molecule has 2 aromatic heterocycles. The number of nitrogens with two attached hydrogens (primary N) is 1. The topological polar surface area (TPSA) is 61.0 Å². The highest BCUT2D eigenvalue weighted by atomic mass is 16.5. The molecule has 0 aliphatic heterocycles. The molecule has 0 amide bonds. The van der Waals surface area contributed by atoms with Gasteiger partial charge < -0.3 is 10.5 Å². The molecule has 3 aromatic rings. The maximum atomic E-state index is 5.72. The molecule has 1 aromatic carbocycles. The molecule has 4 heteroatoms. The number of aromatic nitrogens is 2. The monoisotopic (exact) mass is 265 g/mol. The second-order valence-electron chi connectivity index (χ2n) is 4.51. The van der Waals surface area contributed by atoms with Gasteiger partial charge in [0.2, 0.25) is 0 Å². The molecule has 0 saturated carbocycles. The van der Waals surface area contributed by atoms with Crippen molar-refractivity contribution in [1.82, 2.24) is 9.97 Å². The number of pyridine rings is 2. The van der Waals surface area contributed by atoms with Gasteiger partial charge in [-0.25, -0.2) is 0 Å². The Morgan fingerprint density at radius 2 is 2.00 bits per heavy atom. The highest BCUT2D eigenvalue weighted by molar-refractivity contribution is 5.78. The van der Waals surface area contributed by atoms with Gasteiger partial charge in [-0.3, -0.25) is 9.97 Å². The lowest BCUT2D eigenvalue weighted by atomic mass is 10.1. The lowest BCUT2D eigenvalue weighted by Gasteiger charge is -2.07. The summed E-state index contributed by atoms with van der Waals surface area (Å²) in [6, 6.07) is 13.9. The predicted octanol–water partition coefficient (Wildman–Crippen LogP) is 2.67. The molecule has 2 N–H and O–H groups in total. The second-order valence-corrected chi connectivity index (χ2v) is 4.51. The van der Waals surface area contributed by atoms with Crippen molar-refractivity contribution in [3.05, 3.63) is 66.1 Å². The standard InChI is InChI=1S/C16H15N3O/c17-9-14-4-5-15(10-19-14)20-11-12-3-6-16-13(8-12)2-1-7-18-16/h1-8,10H,9,11,17H2. The lowest BCUT2D eigenvalue weighted by Crippen LogP contribution is -2.00. The Morgan fingerprint density at radius 1 is 1.05 bits per heavy atom. The van der Waals surface area contributed by atoms with Crippen LogP contribution in [0.5, 0.6) is 5.75 Å². The summed E-state index contributed by atoms with van der Waals surface area (Å²) in [6.45, 7) is 0.951. The van der Waals surface area contributed by atoms with E-state index in [4.69, 9.17) is 10.5 Å². The van der Waals surface area contributed by atoms with Crippen molar-refractivity contribution in [3.8, 4) is 5.75 Å². The Bertz CT molecular complexity index is 710. The summed E-state index contributed by atoms with van der Waals surface area (Å²) < 4.78 is 5.72. The van der Waals surface area contributed by atoms with Crippen LogP contribution in [0.1, 0.15) is 11.3 Å². The number of hydrogen-bond donors (Lipinski definition) is 1. The third-order valence-electron chi connectivity index (χ3n) is 3.08. The number of rotatable bonds is 4. The average molecular weight is 265 g/mol. The minimum atomic E-state index is 0.442. The summed E-state index contributed by atoms with van der Waals surface area (Å²) in [6.07, 6.45) is 3.49. The Labute approximate surface area is 117 Å². The van der Waals surface area contributed by atoms with Gasteiger partial charge in [0.1, 0.15) is 12.4 Å². The summed E-state index contributed by atoms with van der Waals surface area (Å²) >= 11 is 0. The first-order valence-corrected chi connectivity index (χ1v) is 6.46. The Kier molecular flexibility index (Phi) is 3.56. The van der Waals surface area contributed by atoms with Crippen LogP contribution in [0.15, 0.2) is 54.9 Å². The van der Waals surface area contributed by atoms with Crippen molar-refractivity contribution in [2.75, 3.05) is 0 Å². The van der Waals surface area contributed by atoms with Crippen LogP contribution in [0.4, 0.5) is 0 Å². The van der Waals surface area contributed by atoms with E-state index in [0.29, 0.717) is 13.2 Å². The maximum Gasteiger partial charge on any atom is 0.138 e. The zero-order valence-electron chi connectivity index (χ0n) is 11.0. The van der Waals surface area contributed by atoms with E-state index in [1.807, 2.05) is 36.4 Å². The molecular formula is C16H15N3O. The van der Waals surface area contributed by atoms with Crippen LogP contribution in [0.3, 0.4) is 0 Å². The van der Waals surface area contributed by atoms with Gasteiger partial charge in [0.15, 0.2) is 0 Å². The summed E-state index contributed by atoms with van der Waals surface area (Å²) in [5, 5.41) is 1.12. The van der Waals surface area contributed by atoms with E-state index in [0.717, 1.165) is 27.9 Å². The third-order valence-corrected chi connectivity index (χ3v) is 3.08. The first-order chi connectivity index (χ1) is 9.85. The molecule has 4 nitrogen and oxygen atoms in total. The summed E-state index contributed by atoms with van der Waals surface area (Å²) in [5.41, 5.74) is 8.46. The van der Waals surface area contributed by atoms with Gasteiger partial charge in [0.05, 0.1) is 17.4 Å². The molecule has 3 rings (SSSR count). The molecule has 0 radical (unpaired) electrons. The van der Waals surface area contributed by atoms with Gasteiger partial charge in [-0.2, -0.15) is 0 Å². The molecule has 0 spiro atoms. The van der Waals surface area contributed by atoms with Gasteiger partial charge in [0, 0.05) is 18.1 Å². The van der Waals surface area contributed by atoms with Gasteiger partial charge in [-0.05, 0) is 35.9 Å². The molecule has 0 aliphatic rings. The zero-order valence-corrected chi connectivity index (χ0v) is 11.0. The predicted molar refractivity (Wildman–Crippen MR) is 78.2 cm³/mol. The number of hydrogen-bond acceptors (Lipinski definition) is 4. The lowest BCUT2D eigenvalue weighted by molar-refractivity contribution is 0.305. The first-order valence-electron chi connectivity index (χ1n) is 6.46. The molecule has 2 heterocycles. The van der Waals surface area contributed by atoms with E-state index < -0.39 is 0 Å². The van der Waals surface area contributed by atoms with Gasteiger partial charge >= 0.3 is 0 Å². The van der Waals surface area contributed by atoms with Gasteiger partial charge in [0.25, 0.3) is 0 Å². The van der Waals surface area contributed by atoms with Crippen LogP contribution >= 0.6 is 0 Å². The van der Waals surface area contributed by atoms with Crippen LogP contribution in [0.2, 0.25) is 0 Å². The van der Waals surface area contributed by atoms with E-state index in [2.05, 4.69) is 16.0 Å². The third kappa shape index (κ3) is 2.75. The van der Waals surface area contributed by atoms with E-state index >= 15 is 0 Å². The van der Waals surface area contributed by atoms with Crippen molar-refractivity contribution < 1.29 is 4.74 Å². The molecule has 0 saturated heterocycles. The fourth-order valence-electron chi connectivity index (χ4n) is 2.00. The van der Waals surface area contributed by atoms with Crippen molar-refractivity contribution in [2.24, 2.45) is 5.73 Å². The number of ether oxygens (including phenoxy) is 1. The van der Waals surface area contributed by atoms with Crippen molar-refractivity contribution >= 4 is 10.9 Å². The first kappa shape index (κ1) is 12.6. The average Bonchev–Trinajstić information content (AvgIpc) is 2.53. The quantitative estimate of drug-likeness (QED) is 0.787. The molecular weight excluding hydrogens is 250 g/mol. The molecule has 0 fully saturated rings. The Hall–Kier alpha value is -2.46. The molecule has 0 atom stereocenters. The van der Waals surface area contributed by atoms with E-state index in [1.165, 1.54) is 0 Å². The molecule has 0 aliphatic carbocycles. The fourth-order valence-corrected chi connectivity index (χ4v) is 2.00. The highest BCUT2D eigenvalue weighted by Gasteiger charge is 2.00. The summed E-state index contributed by atoms with van der Waals surface area (Å²) in [5.74, 6) is 0.744. The molecule has 0 bridgehead atoms. The van der Waals surface area contributed by atoms with E-state index in [9.17, 15) is 0 Å². The van der Waals surface area contributed by atoms with Crippen molar-refractivity contribution in [2.45, 2.75) is 13.2 Å². The number of benzene rings is 1. The SMILES string of the molecule is NCc1ccc(OCc2ccc3ncccc3c2)cn1. The normalized spacial score (nSPS) is 10.7. The molecule has 100 valence electrons. The number of nitrogens with zero attached hydrogens (tertiary/aromatic N) is 2. The second kappa shape index (κ2) is 5.67. The smallest absolute Gasteiger partial charge is 0.138 e. The zero-order chi connectivity index (χ0) is 13.8. The van der Waals surface area contributed by atoms with Crippen LogP contribution < -0.4 is 10.5 Å². The maximum absolute atomic E-state index is 5.72. The number of fused-ring (bicyclic) bond motifs is 1. The van der Waals surface area contributed by atoms with E-state index in [1.54, 1.807) is 12.4 Å². The Balaban J connectivity index is 1.72. The summed E-state index contributed by atoms with van der Waals surface area (Å²) in [4.78, 5) is 8.50. The van der Waals surface area contributed by atoms with Crippen molar-refractivity contribution in [3.63, 3.8) is 0 Å². The Morgan fingerprint density at radius 3 is 2.80 bits per heavy atom. The van der Waals surface area contributed by atoms with Gasteiger partial charge in [-0.1, -0.05) is 12.1 Å². The van der Waals surface area contributed by atoms with Gasteiger partial charge in [-0.15, -0.1) is 0 Å². The largest absolute Gasteiger partial charge is 0.487 e. The fraction of sp³-hybridized carbons (Fsp3) is 0.125. The van der Waals surface area contributed by atoms with Crippen LogP contribution in [0, 0.1) is 0 Å². The summed E-state index contributed by atoms with van der Waals surface area (Å²) in [7, 11) is 0. The molecule has 20 heavy (non-hydrogen) atoms. The van der Waals surface area contributed by atoms with Crippen LogP contribution in [-0.2, 0) is 13.2 Å². The highest BCUT2D eigenvalue weighted by Crippen LogP contribution is 2.16. The van der Waals surface area contributed by atoms with E-state index in [-0.39, 0.29) is 0 Å². The van der Waals surface area contributed by atoms with Crippen LogP contribution in [-0.4, -0.2) is 9.97 Å².